The maximum atomic E-state index is 12.4. The van der Waals surface area contributed by atoms with Gasteiger partial charge in [-0.2, -0.15) is 0 Å². The van der Waals surface area contributed by atoms with Crippen LogP contribution < -0.4 is 5.73 Å². The fourth-order valence-corrected chi connectivity index (χ4v) is 3.21. The molecule has 1 aromatic heterocycles. The average Bonchev–Trinajstić information content (AvgIpc) is 2.79. The number of carbonyl (C=O) groups is 2. The molecule has 2 aromatic rings. The lowest BCUT2D eigenvalue weighted by molar-refractivity contribution is -0.118. The SMILES string of the molecule is CC(C)(C)OC(=O)N1CCc2c(n(CC(N)=O)c3ccccc23)C1. The van der Waals surface area contributed by atoms with Crippen LogP contribution in [-0.4, -0.2) is 33.6 Å². The molecule has 128 valence electrons. The molecule has 2 N–H and O–H groups in total. The number of benzene rings is 1. The molecule has 2 amide bonds. The van der Waals surface area contributed by atoms with Crippen LogP contribution in [-0.2, 0) is 29.0 Å². The predicted octanol–water partition coefficient (Wildman–Crippen LogP) is 2.42. The van der Waals surface area contributed by atoms with E-state index in [0.29, 0.717) is 13.1 Å². The van der Waals surface area contributed by atoms with Crippen LogP contribution in [0.1, 0.15) is 32.0 Å². The van der Waals surface area contributed by atoms with E-state index in [1.165, 1.54) is 5.56 Å². The third-order valence-electron chi connectivity index (χ3n) is 4.13. The number of amides is 2. The zero-order valence-electron chi connectivity index (χ0n) is 14.3. The van der Waals surface area contributed by atoms with E-state index in [-0.39, 0.29) is 12.6 Å². The van der Waals surface area contributed by atoms with Crippen molar-refractivity contribution in [2.24, 2.45) is 5.73 Å². The van der Waals surface area contributed by atoms with E-state index in [4.69, 9.17) is 10.5 Å². The van der Waals surface area contributed by atoms with Crippen molar-refractivity contribution in [3.63, 3.8) is 0 Å². The van der Waals surface area contributed by atoms with Crippen LogP contribution in [0, 0.1) is 0 Å². The summed E-state index contributed by atoms with van der Waals surface area (Å²) >= 11 is 0. The molecule has 1 aliphatic rings. The largest absolute Gasteiger partial charge is 0.444 e. The number of primary amides is 1. The molecule has 0 saturated heterocycles. The molecule has 3 rings (SSSR count). The number of hydrogen-bond donors (Lipinski definition) is 1. The Bertz CT molecular complexity index is 802. The Labute approximate surface area is 141 Å². The number of nitrogens with two attached hydrogens (primary N) is 1. The fraction of sp³-hybridized carbons (Fsp3) is 0.444. The molecule has 0 spiro atoms. The second-order valence-corrected chi connectivity index (χ2v) is 7.15. The Kier molecular flexibility index (Phi) is 3.99. The van der Waals surface area contributed by atoms with E-state index in [9.17, 15) is 9.59 Å². The van der Waals surface area contributed by atoms with Gasteiger partial charge in [0.2, 0.25) is 5.91 Å². The van der Waals surface area contributed by atoms with Crippen molar-refractivity contribution in [3.05, 3.63) is 35.5 Å². The summed E-state index contributed by atoms with van der Waals surface area (Å²) in [6.45, 7) is 6.69. The van der Waals surface area contributed by atoms with Crippen LogP contribution in [0.2, 0.25) is 0 Å². The average molecular weight is 329 g/mol. The first-order chi connectivity index (χ1) is 11.3. The first kappa shape index (κ1) is 16.4. The monoisotopic (exact) mass is 329 g/mol. The summed E-state index contributed by atoms with van der Waals surface area (Å²) in [7, 11) is 0. The van der Waals surface area contributed by atoms with Crippen LogP contribution in [0.4, 0.5) is 4.79 Å². The van der Waals surface area contributed by atoms with E-state index in [0.717, 1.165) is 23.0 Å². The standard InChI is InChI=1S/C18H23N3O3/c1-18(2,3)24-17(23)20-9-8-13-12-6-4-5-7-14(12)21(11-16(19)22)15(13)10-20/h4-7H,8-11H2,1-3H3,(H2,19,22). The van der Waals surface area contributed by atoms with Crippen LogP contribution in [0.3, 0.4) is 0 Å². The van der Waals surface area contributed by atoms with E-state index in [2.05, 4.69) is 6.07 Å². The van der Waals surface area contributed by atoms with Crippen molar-refractivity contribution in [1.29, 1.82) is 0 Å². The van der Waals surface area contributed by atoms with Crippen molar-refractivity contribution in [2.45, 2.75) is 45.9 Å². The highest BCUT2D eigenvalue weighted by molar-refractivity contribution is 5.88. The van der Waals surface area contributed by atoms with Gasteiger partial charge in [-0.05, 0) is 38.8 Å². The number of para-hydroxylation sites is 1. The minimum absolute atomic E-state index is 0.109. The van der Waals surface area contributed by atoms with Crippen molar-refractivity contribution >= 4 is 22.9 Å². The van der Waals surface area contributed by atoms with Crippen molar-refractivity contribution in [1.82, 2.24) is 9.47 Å². The van der Waals surface area contributed by atoms with Crippen LogP contribution in [0.25, 0.3) is 10.9 Å². The third-order valence-corrected chi connectivity index (χ3v) is 4.13. The molecule has 24 heavy (non-hydrogen) atoms. The van der Waals surface area contributed by atoms with E-state index >= 15 is 0 Å². The minimum atomic E-state index is -0.530. The Morgan fingerprint density at radius 1 is 1.25 bits per heavy atom. The minimum Gasteiger partial charge on any atom is -0.444 e. The number of aromatic nitrogens is 1. The van der Waals surface area contributed by atoms with Gasteiger partial charge in [0, 0.05) is 23.1 Å². The summed E-state index contributed by atoms with van der Waals surface area (Å²) < 4.78 is 7.39. The van der Waals surface area contributed by atoms with Gasteiger partial charge in [0.25, 0.3) is 0 Å². The fourth-order valence-electron chi connectivity index (χ4n) is 3.21. The summed E-state index contributed by atoms with van der Waals surface area (Å²) in [5.41, 5.74) is 8.02. The molecule has 1 aromatic carbocycles. The van der Waals surface area contributed by atoms with Crippen molar-refractivity contribution in [3.8, 4) is 0 Å². The van der Waals surface area contributed by atoms with Crippen LogP contribution in [0.15, 0.2) is 24.3 Å². The number of fused-ring (bicyclic) bond motifs is 3. The molecule has 0 aliphatic carbocycles. The molecule has 6 nitrogen and oxygen atoms in total. The maximum Gasteiger partial charge on any atom is 0.410 e. The third kappa shape index (κ3) is 3.09. The van der Waals surface area contributed by atoms with Gasteiger partial charge in [-0.15, -0.1) is 0 Å². The van der Waals surface area contributed by atoms with Crippen molar-refractivity contribution < 1.29 is 14.3 Å². The van der Waals surface area contributed by atoms with Crippen LogP contribution in [0.5, 0.6) is 0 Å². The summed E-state index contributed by atoms with van der Waals surface area (Å²) in [5.74, 6) is -0.395. The normalized spacial score (nSPS) is 14.5. The highest BCUT2D eigenvalue weighted by Crippen LogP contribution is 2.31. The molecule has 0 fully saturated rings. The Hall–Kier alpha value is -2.50. The molecular formula is C18H23N3O3. The quantitative estimate of drug-likeness (QED) is 0.919. The first-order valence-electron chi connectivity index (χ1n) is 8.11. The number of ether oxygens (including phenoxy) is 1. The molecule has 0 unspecified atom stereocenters. The smallest absolute Gasteiger partial charge is 0.410 e. The lowest BCUT2D eigenvalue weighted by Gasteiger charge is -2.31. The number of hydrogen-bond acceptors (Lipinski definition) is 3. The van der Waals surface area contributed by atoms with E-state index in [1.807, 2.05) is 43.5 Å². The van der Waals surface area contributed by atoms with Gasteiger partial charge < -0.3 is 19.9 Å². The molecule has 0 radical (unpaired) electrons. The molecule has 6 heteroatoms. The topological polar surface area (TPSA) is 77.6 Å². The zero-order valence-corrected chi connectivity index (χ0v) is 14.3. The van der Waals surface area contributed by atoms with Gasteiger partial charge >= 0.3 is 6.09 Å². The molecule has 0 saturated carbocycles. The number of rotatable bonds is 2. The van der Waals surface area contributed by atoms with Gasteiger partial charge in [0.1, 0.15) is 12.1 Å². The second kappa shape index (κ2) is 5.85. The van der Waals surface area contributed by atoms with E-state index < -0.39 is 11.5 Å². The van der Waals surface area contributed by atoms with Gasteiger partial charge in [-0.1, -0.05) is 18.2 Å². The summed E-state index contributed by atoms with van der Waals surface area (Å²) in [6.07, 6.45) is 0.407. The zero-order chi connectivity index (χ0) is 17.5. The summed E-state index contributed by atoms with van der Waals surface area (Å²) in [6, 6.07) is 7.96. The Morgan fingerprint density at radius 2 is 1.96 bits per heavy atom. The second-order valence-electron chi connectivity index (χ2n) is 7.15. The number of carbonyl (C=O) groups excluding carboxylic acids is 2. The summed E-state index contributed by atoms with van der Waals surface area (Å²) in [4.78, 5) is 25.6. The molecule has 1 aliphatic heterocycles. The lowest BCUT2D eigenvalue weighted by Crippen LogP contribution is -2.40. The Morgan fingerprint density at radius 3 is 2.62 bits per heavy atom. The van der Waals surface area contributed by atoms with Crippen LogP contribution >= 0.6 is 0 Å². The van der Waals surface area contributed by atoms with Gasteiger partial charge in [0.15, 0.2) is 0 Å². The Balaban J connectivity index is 1.98. The molecule has 0 atom stereocenters. The van der Waals surface area contributed by atoms with Gasteiger partial charge in [0.05, 0.1) is 6.54 Å². The van der Waals surface area contributed by atoms with Gasteiger partial charge in [-0.25, -0.2) is 4.79 Å². The van der Waals surface area contributed by atoms with E-state index in [1.54, 1.807) is 4.90 Å². The molecular weight excluding hydrogens is 306 g/mol. The number of nitrogens with zero attached hydrogens (tertiary/aromatic N) is 2. The predicted molar refractivity (Wildman–Crippen MR) is 91.5 cm³/mol. The van der Waals surface area contributed by atoms with Gasteiger partial charge in [-0.3, -0.25) is 4.79 Å². The molecule has 0 bridgehead atoms. The van der Waals surface area contributed by atoms with Crippen molar-refractivity contribution in [2.75, 3.05) is 6.54 Å². The highest BCUT2D eigenvalue weighted by atomic mass is 16.6. The molecule has 2 heterocycles. The highest BCUT2D eigenvalue weighted by Gasteiger charge is 2.29. The first-order valence-corrected chi connectivity index (χ1v) is 8.11. The summed E-state index contributed by atoms with van der Waals surface area (Å²) in [5, 5.41) is 1.12. The lowest BCUT2D eigenvalue weighted by atomic mass is 10.0. The maximum absolute atomic E-state index is 12.4.